The third-order valence-electron chi connectivity index (χ3n) is 2.77. The first-order valence-electron chi connectivity index (χ1n) is 5.87. The van der Waals surface area contributed by atoms with E-state index in [1.807, 2.05) is 6.92 Å². The van der Waals surface area contributed by atoms with E-state index < -0.39 is 9.84 Å². The van der Waals surface area contributed by atoms with Crippen molar-refractivity contribution in [3.63, 3.8) is 0 Å². The first-order chi connectivity index (χ1) is 8.75. The van der Waals surface area contributed by atoms with Gasteiger partial charge in [-0.25, -0.2) is 8.42 Å². The Balaban J connectivity index is 3.15. The van der Waals surface area contributed by atoms with Gasteiger partial charge in [-0.15, -0.1) is 0 Å². The zero-order valence-electron chi connectivity index (χ0n) is 11.6. The van der Waals surface area contributed by atoms with Crippen molar-refractivity contribution in [2.45, 2.75) is 24.8 Å². The Morgan fingerprint density at radius 3 is 2.53 bits per heavy atom. The quantitative estimate of drug-likeness (QED) is 0.806. The Bertz CT molecular complexity index is 566. The zero-order valence-corrected chi connectivity index (χ0v) is 12.4. The number of nitrogens with one attached hydrogen (secondary N) is 1. The molecule has 0 aliphatic rings. The Labute approximate surface area is 113 Å². The molecule has 1 aromatic rings. The van der Waals surface area contributed by atoms with Gasteiger partial charge in [-0.3, -0.25) is 4.79 Å². The molecule has 0 saturated carbocycles. The molecule has 0 aliphatic carbocycles. The van der Waals surface area contributed by atoms with Crippen molar-refractivity contribution in [1.29, 1.82) is 0 Å². The van der Waals surface area contributed by atoms with Gasteiger partial charge in [0.05, 0.1) is 16.7 Å². The fourth-order valence-electron chi connectivity index (χ4n) is 1.55. The molecule has 1 rings (SSSR count). The van der Waals surface area contributed by atoms with E-state index in [1.165, 1.54) is 19.1 Å². The van der Waals surface area contributed by atoms with Crippen LogP contribution >= 0.6 is 0 Å². The molecule has 1 aromatic carbocycles. The van der Waals surface area contributed by atoms with Crippen molar-refractivity contribution in [2.24, 2.45) is 0 Å². The minimum absolute atomic E-state index is 0.0617. The monoisotopic (exact) mass is 285 g/mol. The fraction of sp³-hybridized carbons (Fsp3) is 0.462. The van der Waals surface area contributed by atoms with E-state index >= 15 is 0 Å². The number of rotatable bonds is 6. The fourth-order valence-corrected chi connectivity index (χ4v) is 2.39. The number of sulfone groups is 1. The third kappa shape index (κ3) is 4.33. The predicted octanol–water partition coefficient (Wildman–Crippen LogP) is 1.74. The Hall–Kier alpha value is -1.40. The number of Topliss-reactive ketones (excluding diaryl/α,β-unsaturated/α-hetero) is 1. The minimum atomic E-state index is -3.35. The number of hydrogen-bond acceptors (Lipinski definition) is 5. The zero-order chi connectivity index (χ0) is 14.6. The van der Waals surface area contributed by atoms with E-state index in [-0.39, 0.29) is 16.8 Å². The lowest BCUT2D eigenvalue weighted by Crippen LogP contribution is -2.19. The van der Waals surface area contributed by atoms with Crippen LogP contribution in [0.5, 0.6) is 0 Å². The largest absolute Gasteiger partial charge is 0.381 e. The van der Waals surface area contributed by atoms with Gasteiger partial charge in [0.25, 0.3) is 0 Å². The van der Waals surface area contributed by atoms with E-state index in [0.717, 1.165) is 6.26 Å². The molecule has 0 bridgehead atoms. The van der Waals surface area contributed by atoms with Crippen molar-refractivity contribution in [3.8, 4) is 0 Å². The van der Waals surface area contributed by atoms with Crippen molar-refractivity contribution in [3.05, 3.63) is 23.8 Å². The molecular weight excluding hydrogens is 266 g/mol. The van der Waals surface area contributed by atoms with Gasteiger partial charge in [0, 0.05) is 25.5 Å². The lowest BCUT2D eigenvalue weighted by Gasteiger charge is -2.15. The summed E-state index contributed by atoms with van der Waals surface area (Å²) >= 11 is 0. The van der Waals surface area contributed by atoms with Gasteiger partial charge in [-0.2, -0.15) is 0 Å². The van der Waals surface area contributed by atoms with E-state index in [1.54, 1.807) is 13.2 Å². The average molecular weight is 285 g/mol. The molecule has 0 aromatic heterocycles. The molecule has 0 spiro atoms. The maximum absolute atomic E-state index is 11.7. The van der Waals surface area contributed by atoms with E-state index in [0.29, 0.717) is 17.8 Å². The second kappa shape index (κ2) is 6.16. The first kappa shape index (κ1) is 15.7. The molecule has 0 radical (unpaired) electrons. The molecule has 1 N–H and O–H groups in total. The summed E-state index contributed by atoms with van der Waals surface area (Å²) in [5.74, 6) is -0.108. The third-order valence-corrected chi connectivity index (χ3v) is 3.92. The lowest BCUT2D eigenvalue weighted by molar-refractivity contribution is 0.101. The van der Waals surface area contributed by atoms with Gasteiger partial charge in [0.1, 0.15) is 0 Å². The summed E-state index contributed by atoms with van der Waals surface area (Å²) in [6.45, 7) is 3.76. The van der Waals surface area contributed by atoms with Gasteiger partial charge >= 0.3 is 0 Å². The second-order valence-corrected chi connectivity index (χ2v) is 6.45. The minimum Gasteiger partial charge on any atom is -0.381 e. The van der Waals surface area contributed by atoms with Crippen LogP contribution in [0.2, 0.25) is 0 Å². The summed E-state index contributed by atoms with van der Waals surface area (Å²) in [6.07, 6.45) is 1.08. The van der Waals surface area contributed by atoms with E-state index in [2.05, 4.69) is 5.32 Å². The molecule has 6 heteroatoms. The van der Waals surface area contributed by atoms with Crippen LogP contribution in [-0.4, -0.2) is 40.2 Å². The smallest absolute Gasteiger partial charge is 0.177 e. The van der Waals surface area contributed by atoms with Crippen LogP contribution in [-0.2, 0) is 14.6 Å². The van der Waals surface area contributed by atoms with Gasteiger partial charge in [0.15, 0.2) is 15.6 Å². The van der Waals surface area contributed by atoms with Crippen LogP contribution < -0.4 is 5.32 Å². The van der Waals surface area contributed by atoms with Crippen molar-refractivity contribution in [2.75, 3.05) is 25.2 Å². The van der Waals surface area contributed by atoms with E-state index in [9.17, 15) is 13.2 Å². The van der Waals surface area contributed by atoms with Gasteiger partial charge < -0.3 is 10.1 Å². The van der Waals surface area contributed by atoms with Crippen LogP contribution in [0.25, 0.3) is 0 Å². The van der Waals surface area contributed by atoms with Crippen LogP contribution in [0, 0.1) is 0 Å². The molecule has 0 saturated heterocycles. The highest BCUT2D eigenvalue weighted by Crippen LogP contribution is 2.23. The number of ketones is 1. The summed E-state index contributed by atoms with van der Waals surface area (Å²) in [5.41, 5.74) is 0.902. The second-order valence-electron chi connectivity index (χ2n) is 4.47. The molecule has 0 heterocycles. The Morgan fingerprint density at radius 2 is 2.05 bits per heavy atom. The van der Waals surface area contributed by atoms with Crippen molar-refractivity contribution in [1.82, 2.24) is 0 Å². The molecule has 106 valence electrons. The molecule has 5 nitrogen and oxygen atoms in total. The summed E-state index contributed by atoms with van der Waals surface area (Å²) in [4.78, 5) is 11.5. The summed E-state index contributed by atoms with van der Waals surface area (Å²) in [6, 6.07) is 4.52. The van der Waals surface area contributed by atoms with E-state index in [4.69, 9.17) is 4.74 Å². The normalized spacial score (nSPS) is 13.1. The molecule has 1 atom stereocenters. The number of carbonyl (C=O) groups is 1. The lowest BCUT2D eigenvalue weighted by atomic mass is 10.1. The molecule has 0 amide bonds. The number of benzene rings is 1. The van der Waals surface area contributed by atoms with Gasteiger partial charge in [-0.1, -0.05) is 0 Å². The van der Waals surface area contributed by atoms with Crippen molar-refractivity contribution < 1.29 is 17.9 Å². The number of ether oxygens (including phenoxy) is 1. The summed E-state index contributed by atoms with van der Waals surface area (Å²) in [5, 5.41) is 3.01. The summed E-state index contributed by atoms with van der Waals surface area (Å²) < 4.78 is 28.5. The maximum atomic E-state index is 11.7. The number of anilines is 1. The highest BCUT2D eigenvalue weighted by atomic mass is 32.2. The van der Waals surface area contributed by atoms with Crippen LogP contribution in [0.15, 0.2) is 23.1 Å². The average Bonchev–Trinajstić information content (AvgIpc) is 2.34. The van der Waals surface area contributed by atoms with Crippen LogP contribution in [0.1, 0.15) is 24.2 Å². The first-order valence-corrected chi connectivity index (χ1v) is 7.76. The Kier molecular flexibility index (Phi) is 5.08. The number of hydrogen-bond donors (Lipinski definition) is 1. The summed E-state index contributed by atoms with van der Waals surface area (Å²) in [7, 11) is -1.77. The topological polar surface area (TPSA) is 72.5 Å². The molecule has 0 fully saturated rings. The highest BCUT2D eigenvalue weighted by Gasteiger charge is 2.15. The van der Waals surface area contributed by atoms with Gasteiger partial charge in [0.2, 0.25) is 0 Å². The van der Waals surface area contributed by atoms with Crippen LogP contribution in [0.3, 0.4) is 0 Å². The van der Waals surface area contributed by atoms with Gasteiger partial charge in [-0.05, 0) is 32.0 Å². The standard InChI is InChI=1S/C13H19NO4S/c1-9(18-3)8-14-12-7-11(10(2)15)5-6-13(12)19(4,16)17/h5-7,9,14H,8H2,1-4H3. The molecule has 1 unspecified atom stereocenters. The molecule has 19 heavy (non-hydrogen) atoms. The highest BCUT2D eigenvalue weighted by molar-refractivity contribution is 7.90. The van der Waals surface area contributed by atoms with Crippen LogP contribution in [0.4, 0.5) is 5.69 Å². The number of carbonyl (C=O) groups excluding carboxylic acids is 1. The number of methoxy groups -OCH3 is 1. The van der Waals surface area contributed by atoms with Crippen molar-refractivity contribution >= 4 is 21.3 Å². The molecule has 0 aliphatic heterocycles. The SMILES string of the molecule is COC(C)CNc1cc(C(C)=O)ccc1S(C)(=O)=O. The predicted molar refractivity (Wildman–Crippen MR) is 74.5 cm³/mol. The maximum Gasteiger partial charge on any atom is 0.177 e. The molecular formula is C13H19NO4S. The Morgan fingerprint density at radius 1 is 1.42 bits per heavy atom.